The maximum absolute atomic E-state index is 13.8. The van der Waals surface area contributed by atoms with Crippen LogP contribution >= 0.6 is 11.6 Å². The molecule has 0 saturated carbocycles. The summed E-state index contributed by atoms with van der Waals surface area (Å²) < 4.78 is 7.35. The van der Waals surface area contributed by atoms with Crippen molar-refractivity contribution < 1.29 is 9.53 Å². The van der Waals surface area contributed by atoms with Crippen LogP contribution in [0.15, 0.2) is 64.3 Å². The molecule has 0 aliphatic carbocycles. The first-order valence-corrected chi connectivity index (χ1v) is 12.2. The number of hydrogen-bond donors (Lipinski definition) is 0. The van der Waals surface area contributed by atoms with E-state index in [0.29, 0.717) is 35.4 Å². The van der Waals surface area contributed by atoms with Gasteiger partial charge >= 0.3 is 5.69 Å². The van der Waals surface area contributed by atoms with Crippen LogP contribution in [-0.2, 0) is 29.5 Å². The van der Waals surface area contributed by atoms with E-state index in [4.69, 9.17) is 16.3 Å². The van der Waals surface area contributed by atoms with E-state index in [0.717, 1.165) is 27.8 Å². The highest BCUT2D eigenvalue weighted by molar-refractivity contribution is 6.30. The van der Waals surface area contributed by atoms with Gasteiger partial charge in [-0.1, -0.05) is 61.8 Å². The summed E-state index contributed by atoms with van der Waals surface area (Å²) in [5, 5.41) is 1.03. The Labute approximate surface area is 213 Å². The quantitative estimate of drug-likeness (QED) is 0.243. The number of hydrogen-bond acceptors (Lipinski definition) is 5. The van der Waals surface area contributed by atoms with Gasteiger partial charge in [-0.05, 0) is 53.1 Å². The van der Waals surface area contributed by atoms with Gasteiger partial charge in [-0.15, -0.1) is 0 Å². The predicted octanol–water partition coefficient (Wildman–Crippen LogP) is 4.69. The van der Waals surface area contributed by atoms with E-state index < -0.39 is 11.2 Å². The number of nitrogens with zero attached hydrogens (tertiary/aromatic N) is 3. The average Bonchev–Trinajstić information content (AvgIpc) is 2.88. The second-order valence-corrected chi connectivity index (χ2v) is 9.45. The van der Waals surface area contributed by atoms with Crippen LogP contribution in [-0.4, -0.2) is 27.2 Å². The molecule has 0 atom stereocenters. The lowest BCUT2D eigenvalue weighted by Gasteiger charge is -2.19. The number of rotatable bonds is 9. The average molecular weight is 506 g/mol. The number of ether oxygens (including phenoxy) is 1. The molecule has 7 nitrogen and oxygen atoms in total. The highest BCUT2D eigenvalue weighted by Crippen LogP contribution is 2.34. The van der Waals surface area contributed by atoms with Crippen molar-refractivity contribution in [2.45, 2.75) is 39.2 Å². The molecule has 8 heteroatoms. The van der Waals surface area contributed by atoms with Crippen LogP contribution < -0.4 is 11.2 Å². The highest BCUT2D eigenvalue weighted by atomic mass is 35.5. The first-order chi connectivity index (χ1) is 17.3. The Morgan fingerprint density at radius 2 is 1.78 bits per heavy atom. The Morgan fingerprint density at radius 3 is 2.47 bits per heavy atom. The highest BCUT2D eigenvalue weighted by Gasteiger charge is 2.21. The van der Waals surface area contributed by atoms with Gasteiger partial charge in [0.1, 0.15) is 5.65 Å². The molecule has 0 bridgehead atoms. The fourth-order valence-electron chi connectivity index (χ4n) is 4.53. The van der Waals surface area contributed by atoms with Crippen molar-refractivity contribution in [3.8, 4) is 11.1 Å². The van der Waals surface area contributed by atoms with Crippen LogP contribution in [0, 0.1) is 0 Å². The van der Waals surface area contributed by atoms with Crippen LogP contribution in [0.5, 0.6) is 0 Å². The lowest BCUT2D eigenvalue weighted by molar-refractivity contribution is -0.128. The zero-order valence-corrected chi connectivity index (χ0v) is 21.3. The van der Waals surface area contributed by atoms with Crippen LogP contribution in [0.25, 0.3) is 22.2 Å². The third-order valence-corrected chi connectivity index (χ3v) is 6.59. The van der Waals surface area contributed by atoms with Crippen molar-refractivity contribution in [3.05, 3.63) is 97.3 Å². The third-order valence-electron chi connectivity index (χ3n) is 6.34. The Balaban J connectivity index is 2.02. The molecule has 0 amide bonds. The molecule has 0 saturated heterocycles. The monoisotopic (exact) mass is 505 g/mol. The molecular weight excluding hydrogens is 478 g/mol. The molecule has 0 aliphatic rings. The number of benzene rings is 2. The van der Waals surface area contributed by atoms with E-state index >= 15 is 0 Å². The smallest absolute Gasteiger partial charge is 0.332 e. The van der Waals surface area contributed by atoms with E-state index in [9.17, 15) is 14.4 Å². The molecule has 4 aromatic rings. The summed E-state index contributed by atoms with van der Waals surface area (Å²) >= 11 is 6.11. The van der Waals surface area contributed by atoms with Crippen LogP contribution in [0.3, 0.4) is 0 Å². The minimum atomic E-state index is -0.459. The standard InChI is InChI=1S/C28H28ClN3O4/c1-18(2)21-7-4-5-8-22(21)24-16-30-26-25(23(24)15-19-9-11-20(29)12-10-19)27(34)32(28(35)31(26)3)13-6-14-36-17-33/h4-5,7-12,16-18H,6,13-15H2,1-3H3. The van der Waals surface area contributed by atoms with Crippen LogP contribution in [0.2, 0.25) is 5.02 Å². The molecule has 2 aromatic carbocycles. The van der Waals surface area contributed by atoms with Crippen molar-refractivity contribution in [1.82, 2.24) is 14.1 Å². The van der Waals surface area contributed by atoms with E-state index in [-0.39, 0.29) is 19.1 Å². The summed E-state index contributed by atoms with van der Waals surface area (Å²) in [6, 6.07) is 15.6. The maximum atomic E-state index is 13.8. The van der Waals surface area contributed by atoms with E-state index in [1.807, 2.05) is 42.5 Å². The summed E-state index contributed by atoms with van der Waals surface area (Å²) in [5.41, 5.74) is 4.26. The Bertz CT molecular complexity index is 1520. The van der Waals surface area contributed by atoms with E-state index in [1.54, 1.807) is 13.2 Å². The van der Waals surface area contributed by atoms with Crippen LogP contribution in [0.4, 0.5) is 0 Å². The van der Waals surface area contributed by atoms with Crippen molar-refractivity contribution in [2.75, 3.05) is 6.61 Å². The lowest BCUT2D eigenvalue weighted by atomic mass is 9.88. The molecule has 4 rings (SSSR count). The zero-order valence-electron chi connectivity index (χ0n) is 20.5. The lowest BCUT2D eigenvalue weighted by Crippen LogP contribution is -2.40. The maximum Gasteiger partial charge on any atom is 0.332 e. The van der Waals surface area contributed by atoms with Crippen molar-refractivity contribution in [1.29, 1.82) is 0 Å². The largest absolute Gasteiger partial charge is 0.468 e. The second kappa shape index (κ2) is 10.9. The minimum Gasteiger partial charge on any atom is -0.468 e. The number of halogens is 1. The third kappa shape index (κ3) is 4.97. The van der Waals surface area contributed by atoms with Crippen molar-refractivity contribution in [2.24, 2.45) is 7.05 Å². The Hall–Kier alpha value is -3.71. The fraction of sp³-hybridized carbons (Fsp3) is 0.286. The molecule has 0 fully saturated rings. The molecular formula is C28H28ClN3O4. The fourth-order valence-corrected chi connectivity index (χ4v) is 4.66. The van der Waals surface area contributed by atoms with Gasteiger partial charge in [-0.3, -0.25) is 18.7 Å². The second-order valence-electron chi connectivity index (χ2n) is 9.01. The van der Waals surface area contributed by atoms with Gasteiger partial charge in [-0.2, -0.15) is 0 Å². The molecule has 36 heavy (non-hydrogen) atoms. The normalized spacial score (nSPS) is 11.2. The summed E-state index contributed by atoms with van der Waals surface area (Å²) in [5.74, 6) is 0.259. The number of aromatic nitrogens is 3. The summed E-state index contributed by atoms with van der Waals surface area (Å²) in [6.07, 6.45) is 2.56. The first kappa shape index (κ1) is 25.4. The minimum absolute atomic E-state index is 0.120. The summed E-state index contributed by atoms with van der Waals surface area (Å²) in [6.45, 7) is 4.86. The number of pyridine rings is 1. The van der Waals surface area contributed by atoms with Gasteiger partial charge in [-0.25, -0.2) is 9.78 Å². The van der Waals surface area contributed by atoms with Crippen molar-refractivity contribution in [3.63, 3.8) is 0 Å². The van der Waals surface area contributed by atoms with E-state index in [2.05, 4.69) is 24.9 Å². The summed E-state index contributed by atoms with van der Waals surface area (Å²) in [7, 11) is 1.61. The van der Waals surface area contributed by atoms with E-state index in [1.165, 1.54) is 9.13 Å². The number of carbonyl (C=O) groups is 1. The topological polar surface area (TPSA) is 83.2 Å². The molecule has 0 aliphatic heterocycles. The van der Waals surface area contributed by atoms with Gasteiger partial charge < -0.3 is 4.74 Å². The SMILES string of the molecule is CC(C)c1ccccc1-c1cnc2c(c1Cc1ccc(Cl)cc1)c(=O)n(CCCOC=O)c(=O)n2C. The van der Waals surface area contributed by atoms with Gasteiger partial charge in [0.25, 0.3) is 12.0 Å². The van der Waals surface area contributed by atoms with Gasteiger partial charge in [0.2, 0.25) is 0 Å². The van der Waals surface area contributed by atoms with Crippen LogP contribution in [0.1, 0.15) is 42.9 Å². The first-order valence-electron chi connectivity index (χ1n) is 11.8. The molecule has 0 unspecified atom stereocenters. The zero-order chi connectivity index (χ0) is 25.8. The molecule has 2 heterocycles. The Kier molecular flexibility index (Phi) is 7.70. The molecule has 186 valence electrons. The number of fused-ring (bicyclic) bond motifs is 1. The molecule has 0 N–H and O–H groups in total. The van der Waals surface area contributed by atoms with Gasteiger partial charge in [0.15, 0.2) is 0 Å². The number of carbonyl (C=O) groups excluding carboxylic acids is 1. The van der Waals surface area contributed by atoms with Gasteiger partial charge in [0, 0.05) is 30.4 Å². The Morgan fingerprint density at radius 1 is 1.06 bits per heavy atom. The van der Waals surface area contributed by atoms with Crippen molar-refractivity contribution >= 4 is 29.1 Å². The predicted molar refractivity (Wildman–Crippen MR) is 142 cm³/mol. The molecule has 2 aromatic heterocycles. The molecule has 0 radical (unpaired) electrons. The number of aryl methyl sites for hydroxylation is 1. The summed E-state index contributed by atoms with van der Waals surface area (Å²) in [4.78, 5) is 41.9. The molecule has 0 spiro atoms. The van der Waals surface area contributed by atoms with Gasteiger partial charge in [0.05, 0.1) is 12.0 Å².